The third kappa shape index (κ3) is 4.33. The van der Waals surface area contributed by atoms with Crippen LogP contribution in [-0.2, 0) is 14.3 Å². The first-order valence-corrected chi connectivity index (χ1v) is 8.50. The van der Waals surface area contributed by atoms with Crippen molar-refractivity contribution in [3.8, 4) is 0 Å². The molecule has 0 unspecified atom stereocenters. The number of rotatable bonds is 7. The average molecular weight is 333 g/mol. The fraction of sp³-hybridized carbons (Fsp3) is 0.556. The Hall–Kier alpha value is -1.92. The van der Waals surface area contributed by atoms with Gasteiger partial charge in [-0.3, -0.25) is 9.59 Å². The minimum absolute atomic E-state index is 0.0615. The lowest BCUT2D eigenvalue weighted by molar-refractivity contribution is -0.162. The summed E-state index contributed by atoms with van der Waals surface area (Å²) in [6, 6.07) is 9.14. The normalized spacial score (nSPS) is 21.2. The van der Waals surface area contributed by atoms with Crippen LogP contribution in [0.25, 0.3) is 0 Å². The molecule has 2 amide bonds. The van der Waals surface area contributed by atoms with Crippen molar-refractivity contribution in [3.05, 3.63) is 35.9 Å². The third-order valence-electron chi connectivity index (χ3n) is 4.50. The van der Waals surface area contributed by atoms with Crippen molar-refractivity contribution in [1.82, 2.24) is 15.1 Å². The number of carbonyl (C=O) groups excluding carboxylic acids is 2. The standard InChI is InChI=1S/C18H27N3O3/c1-4-21(5-2)12-11-19-18(23)17-16(14-9-7-6-8-10-14)20(3)15(22)13-24-17/h6-10,16-17H,4-5,11-13H2,1-3H3,(H,19,23)/t16-,17-/m0/s1. The third-order valence-corrected chi connectivity index (χ3v) is 4.50. The van der Waals surface area contributed by atoms with Gasteiger partial charge in [-0.15, -0.1) is 0 Å². The summed E-state index contributed by atoms with van der Waals surface area (Å²) in [6.45, 7) is 7.42. The minimum atomic E-state index is -0.688. The zero-order valence-electron chi connectivity index (χ0n) is 14.7. The zero-order valence-corrected chi connectivity index (χ0v) is 14.7. The summed E-state index contributed by atoms with van der Waals surface area (Å²) in [7, 11) is 1.72. The number of nitrogens with zero attached hydrogens (tertiary/aromatic N) is 2. The highest BCUT2D eigenvalue weighted by molar-refractivity contribution is 5.86. The molecule has 1 N–H and O–H groups in total. The van der Waals surface area contributed by atoms with E-state index in [0.717, 1.165) is 25.2 Å². The smallest absolute Gasteiger partial charge is 0.251 e. The number of amides is 2. The van der Waals surface area contributed by atoms with Crippen molar-refractivity contribution < 1.29 is 14.3 Å². The van der Waals surface area contributed by atoms with Gasteiger partial charge < -0.3 is 19.9 Å². The molecule has 132 valence electrons. The van der Waals surface area contributed by atoms with Gasteiger partial charge in [0, 0.05) is 20.1 Å². The van der Waals surface area contributed by atoms with Crippen LogP contribution in [0, 0.1) is 0 Å². The first-order valence-electron chi connectivity index (χ1n) is 8.50. The van der Waals surface area contributed by atoms with Gasteiger partial charge in [-0.2, -0.15) is 0 Å². The van der Waals surface area contributed by atoms with E-state index in [-0.39, 0.29) is 18.4 Å². The second kappa shape index (κ2) is 8.80. The molecule has 0 bridgehead atoms. The van der Waals surface area contributed by atoms with Gasteiger partial charge in [0.1, 0.15) is 6.61 Å². The fourth-order valence-electron chi connectivity index (χ4n) is 2.96. The number of morpholine rings is 1. The highest BCUT2D eigenvalue weighted by Gasteiger charge is 2.39. The van der Waals surface area contributed by atoms with Crippen molar-refractivity contribution in [1.29, 1.82) is 0 Å². The molecule has 1 saturated heterocycles. The Balaban J connectivity index is 2.05. The molecule has 0 radical (unpaired) electrons. The first kappa shape index (κ1) is 18.4. The average Bonchev–Trinajstić information content (AvgIpc) is 2.61. The molecule has 0 spiro atoms. The molecule has 1 fully saturated rings. The van der Waals surface area contributed by atoms with E-state index in [1.165, 1.54) is 0 Å². The Morgan fingerprint density at radius 1 is 1.29 bits per heavy atom. The van der Waals surface area contributed by atoms with Gasteiger partial charge in [-0.05, 0) is 18.7 Å². The Kier molecular flexibility index (Phi) is 6.75. The van der Waals surface area contributed by atoms with Crippen LogP contribution < -0.4 is 5.32 Å². The monoisotopic (exact) mass is 333 g/mol. The highest BCUT2D eigenvalue weighted by Crippen LogP contribution is 2.28. The van der Waals surface area contributed by atoms with Gasteiger partial charge in [-0.1, -0.05) is 44.2 Å². The molecular formula is C18H27N3O3. The van der Waals surface area contributed by atoms with E-state index in [1.807, 2.05) is 30.3 Å². The van der Waals surface area contributed by atoms with E-state index in [9.17, 15) is 9.59 Å². The van der Waals surface area contributed by atoms with Crippen molar-refractivity contribution in [2.45, 2.75) is 26.0 Å². The van der Waals surface area contributed by atoms with Gasteiger partial charge in [0.15, 0.2) is 6.10 Å². The maximum Gasteiger partial charge on any atom is 0.251 e. The second-order valence-corrected chi connectivity index (χ2v) is 5.91. The van der Waals surface area contributed by atoms with Crippen LogP contribution in [0.2, 0.25) is 0 Å². The SMILES string of the molecule is CCN(CC)CCNC(=O)[C@H]1OCC(=O)N(C)[C@H]1c1ccccc1. The quantitative estimate of drug-likeness (QED) is 0.810. The van der Waals surface area contributed by atoms with Crippen LogP contribution in [0.5, 0.6) is 0 Å². The largest absolute Gasteiger partial charge is 0.356 e. The van der Waals surface area contributed by atoms with E-state index < -0.39 is 12.1 Å². The van der Waals surface area contributed by atoms with Crippen LogP contribution >= 0.6 is 0 Å². The van der Waals surface area contributed by atoms with E-state index in [0.29, 0.717) is 6.54 Å². The summed E-state index contributed by atoms with van der Waals surface area (Å²) in [5.74, 6) is -0.286. The van der Waals surface area contributed by atoms with E-state index in [1.54, 1.807) is 11.9 Å². The number of hydrogen-bond donors (Lipinski definition) is 1. The molecule has 24 heavy (non-hydrogen) atoms. The number of hydrogen-bond acceptors (Lipinski definition) is 4. The second-order valence-electron chi connectivity index (χ2n) is 5.91. The van der Waals surface area contributed by atoms with E-state index in [4.69, 9.17) is 4.74 Å². The maximum atomic E-state index is 12.6. The van der Waals surface area contributed by atoms with Crippen molar-refractivity contribution in [2.24, 2.45) is 0 Å². The van der Waals surface area contributed by atoms with Crippen LogP contribution in [-0.4, -0.2) is 67.6 Å². The fourth-order valence-corrected chi connectivity index (χ4v) is 2.96. The van der Waals surface area contributed by atoms with Crippen molar-refractivity contribution in [3.63, 3.8) is 0 Å². The lowest BCUT2D eigenvalue weighted by Crippen LogP contribution is -2.53. The maximum absolute atomic E-state index is 12.6. The van der Waals surface area contributed by atoms with Gasteiger partial charge in [0.05, 0.1) is 6.04 Å². The van der Waals surface area contributed by atoms with Gasteiger partial charge >= 0.3 is 0 Å². The molecule has 0 saturated carbocycles. The number of carbonyl (C=O) groups is 2. The lowest BCUT2D eigenvalue weighted by Gasteiger charge is -2.38. The van der Waals surface area contributed by atoms with E-state index >= 15 is 0 Å². The van der Waals surface area contributed by atoms with Gasteiger partial charge in [0.2, 0.25) is 5.91 Å². The summed E-state index contributed by atoms with van der Waals surface area (Å²) >= 11 is 0. The number of nitrogens with one attached hydrogen (secondary N) is 1. The Morgan fingerprint density at radius 2 is 1.96 bits per heavy atom. The van der Waals surface area contributed by atoms with Crippen molar-refractivity contribution >= 4 is 11.8 Å². The molecule has 1 aliphatic heterocycles. The van der Waals surface area contributed by atoms with Crippen molar-refractivity contribution in [2.75, 3.05) is 39.8 Å². The first-order chi connectivity index (χ1) is 11.6. The lowest BCUT2D eigenvalue weighted by atomic mass is 9.97. The Morgan fingerprint density at radius 3 is 2.58 bits per heavy atom. The molecule has 1 aromatic carbocycles. The Bertz CT molecular complexity index is 546. The topological polar surface area (TPSA) is 61.9 Å². The zero-order chi connectivity index (χ0) is 17.5. The van der Waals surface area contributed by atoms with Crippen LogP contribution in [0.1, 0.15) is 25.5 Å². The molecule has 1 heterocycles. The summed E-state index contributed by atoms with van der Waals surface area (Å²) < 4.78 is 5.58. The van der Waals surface area contributed by atoms with Crippen LogP contribution in [0.15, 0.2) is 30.3 Å². The molecular weight excluding hydrogens is 306 g/mol. The molecule has 6 nitrogen and oxygen atoms in total. The molecule has 2 rings (SSSR count). The minimum Gasteiger partial charge on any atom is -0.356 e. The van der Waals surface area contributed by atoms with Gasteiger partial charge in [-0.25, -0.2) is 0 Å². The Labute approximate surface area is 143 Å². The number of ether oxygens (including phenoxy) is 1. The molecule has 2 atom stereocenters. The van der Waals surface area contributed by atoms with Gasteiger partial charge in [0.25, 0.3) is 5.91 Å². The van der Waals surface area contributed by atoms with Crippen LogP contribution in [0.4, 0.5) is 0 Å². The highest BCUT2D eigenvalue weighted by atomic mass is 16.5. The molecule has 0 aliphatic carbocycles. The summed E-state index contributed by atoms with van der Waals surface area (Å²) in [5, 5.41) is 2.94. The predicted octanol–water partition coefficient (Wildman–Crippen LogP) is 1.04. The molecule has 1 aliphatic rings. The molecule has 6 heteroatoms. The molecule has 0 aromatic heterocycles. The number of likely N-dealkylation sites (N-methyl/N-ethyl adjacent to an activating group) is 2. The van der Waals surface area contributed by atoms with E-state index in [2.05, 4.69) is 24.1 Å². The molecule has 1 aromatic rings. The summed E-state index contributed by atoms with van der Waals surface area (Å²) in [4.78, 5) is 28.4. The number of benzene rings is 1. The van der Waals surface area contributed by atoms with Crippen LogP contribution in [0.3, 0.4) is 0 Å². The summed E-state index contributed by atoms with van der Waals surface area (Å²) in [6.07, 6.45) is -0.688. The predicted molar refractivity (Wildman–Crippen MR) is 92.5 cm³/mol. The summed E-state index contributed by atoms with van der Waals surface area (Å²) in [5.41, 5.74) is 0.900.